The van der Waals surface area contributed by atoms with Gasteiger partial charge in [-0.3, -0.25) is 15.0 Å². The third kappa shape index (κ3) is 5.40. The Morgan fingerprint density at radius 1 is 1.33 bits per heavy atom. The van der Waals surface area contributed by atoms with E-state index in [2.05, 4.69) is 23.7 Å². The summed E-state index contributed by atoms with van der Waals surface area (Å²) in [6, 6.07) is 3.19. The maximum atomic E-state index is 11.3. The number of carbonyl (C=O) groups is 1. The van der Waals surface area contributed by atoms with Crippen molar-refractivity contribution in [2.45, 2.75) is 25.8 Å². The highest BCUT2D eigenvalue weighted by atomic mass is 16.6. The molecule has 1 N–H and O–H groups in total. The fraction of sp³-hybridized carbons (Fsp3) is 0.556. The average molecular weight is 377 g/mol. The lowest BCUT2D eigenvalue weighted by atomic mass is 9.94. The number of hydrogen-bond donors (Lipinski definition) is 1. The van der Waals surface area contributed by atoms with Gasteiger partial charge < -0.3 is 14.9 Å². The van der Waals surface area contributed by atoms with Crippen LogP contribution in [0.2, 0.25) is 0 Å². The van der Waals surface area contributed by atoms with Gasteiger partial charge >= 0.3 is 6.09 Å². The molecule has 1 saturated heterocycles. The van der Waals surface area contributed by atoms with Crippen LogP contribution < -0.4 is 0 Å². The highest BCUT2D eigenvalue weighted by Crippen LogP contribution is 2.24. The van der Waals surface area contributed by atoms with E-state index >= 15 is 0 Å². The van der Waals surface area contributed by atoms with Gasteiger partial charge in [-0.05, 0) is 26.0 Å². The zero-order valence-electron chi connectivity index (χ0n) is 16.3. The normalized spacial score (nSPS) is 15.9. The molecule has 0 saturated carbocycles. The minimum Gasteiger partial charge on any atom is -0.465 e. The Morgan fingerprint density at radius 2 is 1.96 bits per heavy atom. The van der Waals surface area contributed by atoms with E-state index in [0.29, 0.717) is 38.3 Å². The van der Waals surface area contributed by atoms with Crippen LogP contribution in [0.5, 0.6) is 0 Å². The molecule has 1 amide bonds. The predicted molar refractivity (Wildman–Crippen MR) is 103 cm³/mol. The number of amides is 1. The Hall–Kier alpha value is -2.68. The molecule has 0 unspecified atom stereocenters. The molecule has 0 radical (unpaired) electrons. The Balaban J connectivity index is 2.17. The van der Waals surface area contributed by atoms with E-state index in [0.717, 1.165) is 5.69 Å². The number of nitro groups is 1. The summed E-state index contributed by atoms with van der Waals surface area (Å²) in [5, 5.41) is 20.3. The lowest BCUT2D eigenvalue weighted by molar-refractivity contribution is -0.385. The van der Waals surface area contributed by atoms with Crippen LogP contribution >= 0.6 is 0 Å². The number of hydrogen-bond acceptors (Lipinski definition) is 6. The number of rotatable bonds is 6. The van der Waals surface area contributed by atoms with Crippen molar-refractivity contribution in [3.8, 4) is 0 Å². The summed E-state index contributed by atoms with van der Waals surface area (Å²) in [4.78, 5) is 31.8. The van der Waals surface area contributed by atoms with Gasteiger partial charge in [-0.15, -0.1) is 0 Å². The van der Waals surface area contributed by atoms with Gasteiger partial charge in [0.2, 0.25) is 0 Å². The Morgan fingerprint density at radius 3 is 2.48 bits per heavy atom. The molecule has 9 nitrogen and oxygen atoms in total. The molecule has 0 bridgehead atoms. The van der Waals surface area contributed by atoms with E-state index in [9.17, 15) is 14.9 Å². The molecular formula is C18H27N5O4. The van der Waals surface area contributed by atoms with Gasteiger partial charge in [-0.2, -0.15) is 0 Å². The molecule has 9 heteroatoms. The van der Waals surface area contributed by atoms with Crippen molar-refractivity contribution in [1.29, 1.82) is 0 Å². The van der Waals surface area contributed by atoms with Gasteiger partial charge in [0.05, 0.1) is 4.92 Å². The fourth-order valence-corrected chi connectivity index (χ4v) is 3.16. The molecule has 1 aromatic rings. The molecule has 0 aromatic carbocycles. The van der Waals surface area contributed by atoms with Crippen molar-refractivity contribution in [1.82, 2.24) is 19.7 Å². The number of nitrogens with zero attached hydrogens (tertiary/aromatic N) is 5. The number of pyridine rings is 1. The minimum absolute atomic E-state index is 0.0234. The number of piperazine rings is 1. The minimum atomic E-state index is -0.887. The second-order valence-electron chi connectivity index (χ2n) is 7.49. The quantitative estimate of drug-likeness (QED) is 0.598. The van der Waals surface area contributed by atoms with E-state index in [1.165, 1.54) is 11.0 Å². The van der Waals surface area contributed by atoms with Gasteiger partial charge in [0.15, 0.2) is 0 Å². The molecule has 2 rings (SSSR count). The van der Waals surface area contributed by atoms with Crippen LogP contribution in [0.4, 0.5) is 10.5 Å². The SMILES string of the molecule is CN(C)/C=C/c1nc(CC(C)(C)N2CCN(C(=O)O)CC2)ccc1[N+](=O)[O-]. The molecule has 0 atom stereocenters. The largest absolute Gasteiger partial charge is 0.465 e. The summed E-state index contributed by atoms with van der Waals surface area (Å²) in [5.41, 5.74) is 0.836. The second kappa shape index (κ2) is 8.34. The second-order valence-corrected chi connectivity index (χ2v) is 7.49. The van der Waals surface area contributed by atoms with E-state index in [4.69, 9.17) is 5.11 Å². The zero-order chi connectivity index (χ0) is 20.2. The molecule has 1 aliphatic rings. The van der Waals surface area contributed by atoms with E-state index in [1.54, 1.807) is 23.2 Å². The van der Waals surface area contributed by atoms with Crippen molar-refractivity contribution < 1.29 is 14.8 Å². The highest BCUT2D eigenvalue weighted by molar-refractivity contribution is 5.65. The summed E-state index contributed by atoms with van der Waals surface area (Å²) in [5.74, 6) is 0. The zero-order valence-corrected chi connectivity index (χ0v) is 16.3. The summed E-state index contributed by atoms with van der Waals surface area (Å²) in [6.07, 6.45) is 3.10. The molecule has 0 aliphatic carbocycles. The Bertz CT molecular complexity index is 724. The molecule has 148 valence electrons. The smallest absolute Gasteiger partial charge is 0.407 e. The monoisotopic (exact) mass is 377 g/mol. The van der Waals surface area contributed by atoms with Crippen molar-refractivity contribution >= 4 is 17.9 Å². The number of carboxylic acid groups (broad SMARTS) is 1. The lowest BCUT2D eigenvalue weighted by Gasteiger charge is -2.43. The lowest BCUT2D eigenvalue weighted by Crippen LogP contribution is -2.56. The van der Waals surface area contributed by atoms with E-state index < -0.39 is 11.0 Å². The molecule has 27 heavy (non-hydrogen) atoms. The van der Waals surface area contributed by atoms with Gasteiger partial charge in [0.25, 0.3) is 5.69 Å². The number of aromatic nitrogens is 1. The summed E-state index contributed by atoms with van der Waals surface area (Å²) in [7, 11) is 3.68. The first kappa shape index (κ1) is 20.6. The first-order valence-electron chi connectivity index (χ1n) is 8.82. The fourth-order valence-electron chi connectivity index (χ4n) is 3.16. The molecular weight excluding hydrogens is 350 g/mol. The molecule has 1 aromatic heterocycles. The van der Waals surface area contributed by atoms with Gasteiger partial charge in [-0.1, -0.05) is 0 Å². The maximum Gasteiger partial charge on any atom is 0.407 e. The van der Waals surface area contributed by atoms with Gasteiger partial charge in [0.1, 0.15) is 5.69 Å². The highest BCUT2D eigenvalue weighted by Gasteiger charge is 2.32. The molecule has 1 aliphatic heterocycles. The van der Waals surface area contributed by atoms with Gasteiger partial charge in [0, 0.05) is 70.2 Å². The maximum absolute atomic E-state index is 11.3. The molecule has 1 fully saturated rings. The molecule has 2 heterocycles. The van der Waals surface area contributed by atoms with Gasteiger partial charge in [-0.25, -0.2) is 9.78 Å². The predicted octanol–water partition coefficient (Wildman–Crippen LogP) is 2.14. The molecule has 0 spiro atoms. The van der Waals surface area contributed by atoms with Crippen LogP contribution in [0.15, 0.2) is 18.3 Å². The van der Waals surface area contributed by atoms with Crippen LogP contribution in [-0.2, 0) is 6.42 Å². The topological polar surface area (TPSA) is 103 Å². The summed E-state index contributed by atoms with van der Waals surface area (Å²) >= 11 is 0. The van der Waals surface area contributed by atoms with Crippen LogP contribution in [-0.4, -0.2) is 81.6 Å². The third-order valence-corrected chi connectivity index (χ3v) is 4.71. The first-order chi connectivity index (χ1) is 12.6. The summed E-state index contributed by atoms with van der Waals surface area (Å²) < 4.78 is 0. The third-order valence-electron chi connectivity index (χ3n) is 4.71. The first-order valence-corrected chi connectivity index (χ1v) is 8.82. The van der Waals surface area contributed by atoms with Crippen molar-refractivity contribution in [2.75, 3.05) is 40.3 Å². The standard InChI is InChI=1S/C18H27N5O4/c1-18(2,22-11-9-21(10-12-22)17(24)25)13-14-5-6-16(23(26)27)15(19-14)7-8-20(3)4/h5-8H,9-13H2,1-4H3,(H,24,25)/b8-7+. The van der Waals surface area contributed by atoms with Crippen molar-refractivity contribution in [3.63, 3.8) is 0 Å². The Kier molecular flexibility index (Phi) is 6.37. The van der Waals surface area contributed by atoms with E-state index in [-0.39, 0.29) is 11.2 Å². The van der Waals surface area contributed by atoms with Crippen LogP contribution in [0.1, 0.15) is 25.2 Å². The van der Waals surface area contributed by atoms with Crippen LogP contribution in [0.3, 0.4) is 0 Å². The van der Waals surface area contributed by atoms with E-state index in [1.807, 2.05) is 14.1 Å². The van der Waals surface area contributed by atoms with Crippen LogP contribution in [0.25, 0.3) is 6.08 Å². The average Bonchev–Trinajstić information content (AvgIpc) is 2.59. The Labute approximate surface area is 159 Å². The van der Waals surface area contributed by atoms with Crippen molar-refractivity contribution in [3.05, 3.63) is 39.8 Å². The van der Waals surface area contributed by atoms with Crippen molar-refractivity contribution in [2.24, 2.45) is 0 Å². The van der Waals surface area contributed by atoms with Crippen LogP contribution in [0, 0.1) is 10.1 Å². The summed E-state index contributed by atoms with van der Waals surface area (Å²) in [6.45, 7) is 6.43.